The number of esters is 1. The molecule has 15 heavy (non-hydrogen) atoms. The average molecular weight is 231 g/mol. The molecular formula is C11H17ClNO2+. The van der Waals surface area contributed by atoms with Gasteiger partial charge in [0.15, 0.2) is 13.2 Å². The largest absolute Gasteiger partial charge is 0.448 e. The maximum atomic E-state index is 11.3. The van der Waals surface area contributed by atoms with E-state index in [0.717, 1.165) is 5.03 Å². The van der Waals surface area contributed by atoms with Crippen LogP contribution in [0, 0.1) is 12.3 Å². The van der Waals surface area contributed by atoms with Gasteiger partial charge in [0, 0.05) is 5.03 Å². The van der Waals surface area contributed by atoms with Gasteiger partial charge in [0.25, 0.3) is 0 Å². The molecule has 0 aliphatic rings. The molecule has 0 atom stereocenters. The van der Waals surface area contributed by atoms with Crippen molar-refractivity contribution in [1.82, 2.24) is 0 Å². The zero-order valence-corrected chi connectivity index (χ0v) is 10.2. The first kappa shape index (κ1) is 14.0. The van der Waals surface area contributed by atoms with E-state index in [4.69, 9.17) is 22.8 Å². The first-order chi connectivity index (χ1) is 6.87. The number of likely N-dealkylation sites (N-methyl/N-ethyl adjacent to an activating group) is 1. The highest BCUT2D eigenvalue weighted by molar-refractivity contribution is 6.29. The topological polar surface area (TPSA) is 26.3 Å². The maximum absolute atomic E-state index is 11.3. The number of carbonyl (C=O) groups is 1. The van der Waals surface area contributed by atoms with E-state index in [-0.39, 0.29) is 19.1 Å². The third-order valence-electron chi connectivity index (χ3n) is 1.74. The second-order valence-electron chi connectivity index (χ2n) is 3.93. The molecular weight excluding hydrogens is 214 g/mol. The van der Waals surface area contributed by atoms with Gasteiger partial charge in [-0.1, -0.05) is 17.5 Å². The van der Waals surface area contributed by atoms with Crippen molar-refractivity contribution in [2.75, 3.05) is 33.8 Å². The Kier molecular flexibility index (Phi) is 6.07. The van der Waals surface area contributed by atoms with Gasteiger partial charge in [-0.15, -0.1) is 6.42 Å². The fraction of sp³-hybridized carbons (Fsp3) is 0.545. The van der Waals surface area contributed by atoms with Gasteiger partial charge in [0.1, 0.15) is 0 Å². The van der Waals surface area contributed by atoms with E-state index in [2.05, 4.69) is 5.92 Å². The van der Waals surface area contributed by atoms with Gasteiger partial charge in [-0.3, -0.25) is 0 Å². The summed E-state index contributed by atoms with van der Waals surface area (Å²) in [6, 6.07) is 0. The van der Waals surface area contributed by atoms with Crippen molar-refractivity contribution in [3.05, 3.63) is 11.1 Å². The van der Waals surface area contributed by atoms with Crippen LogP contribution in [-0.2, 0) is 9.53 Å². The summed E-state index contributed by atoms with van der Waals surface area (Å²) in [7, 11) is 3.85. The average Bonchev–Trinajstić information content (AvgIpc) is 2.11. The number of nitrogens with zero attached hydrogens (tertiary/aromatic N) is 1. The molecule has 0 aliphatic heterocycles. The number of carbonyl (C=O) groups excluding carboxylic acids is 1. The number of terminal acetylenes is 1. The summed E-state index contributed by atoms with van der Waals surface area (Å²) in [4.78, 5) is 11.3. The quantitative estimate of drug-likeness (QED) is 0.405. The highest BCUT2D eigenvalue weighted by atomic mass is 35.5. The highest BCUT2D eigenvalue weighted by Gasteiger charge is 2.19. The van der Waals surface area contributed by atoms with E-state index in [9.17, 15) is 4.79 Å². The van der Waals surface area contributed by atoms with Crippen LogP contribution in [0.2, 0.25) is 0 Å². The number of quaternary nitrogens is 1. The lowest BCUT2D eigenvalue weighted by atomic mass is 10.4. The van der Waals surface area contributed by atoms with Crippen LogP contribution in [0.15, 0.2) is 11.1 Å². The molecule has 4 heteroatoms. The predicted octanol–water partition coefficient (Wildman–Crippen LogP) is 1.38. The van der Waals surface area contributed by atoms with E-state index in [1.807, 2.05) is 20.2 Å². The number of ether oxygens (including phenoxy) is 1. The number of rotatable bonds is 5. The Morgan fingerprint density at radius 3 is 2.67 bits per heavy atom. The van der Waals surface area contributed by atoms with Gasteiger partial charge in [-0.25, -0.2) is 4.79 Å². The lowest BCUT2D eigenvalue weighted by Crippen LogP contribution is -2.44. The van der Waals surface area contributed by atoms with Crippen LogP contribution in [0.1, 0.15) is 6.92 Å². The monoisotopic (exact) mass is 230 g/mol. The fourth-order valence-corrected chi connectivity index (χ4v) is 1.02. The van der Waals surface area contributed by atoms with Crippen LogP contribution in [0.5, 0.6) is 0 Å². The molecule has 0 unspecified atom stereocenters. The molecule has 0 fully saturated rings. The van der Waals surface area contributed by atoms with E-state index < -0.39 is 0 Å². The Labute approximate surface area is 96.2 Å². The number of hydrogen-bond acceptors (Lipinski definition) is 2. The van der Waals surface area contributed by atoms with Crippen molar-refractivity contribution in [2.24, 2.45) is 0 Å². The molecule has 0 saturated carbocycles. The molecule has 0 aromatic carbocycles. The van der Waals surface area contributed by atoms with Crippen LogP contribution < -0.4 is 0 Å². The number of halogens is 1. The maximum Gasteiger partial charge on any atom is 0.362 e. The zero-order valence-electron chi connectivity index (χ0n) is 9.42. The third kappa shape index (κ3) is 8.04. The standard InChI is InChI=1S/C11H17ClNO2/c1-5-8-15-11(14)9-13(3,4)7-6-10(2)12/h1,6H,7-9H2,2-4H3/q+1. The Bertz CT molecular complexity index is 285. The van der Waals surface area contributed by atoms with Crippen molar-refractivity contribution < 1.29 is 14.0 Å². The highest BCUT2D eigenvalue weighted by Crippen LogP contribution is 2.03. The molecule has 84 valence electrons. The molecule has 0 aliphatic carbocycles. The molecule has 0 amide bonds. The van der Waals surface area contributed by atoms with Crippen molar-refractivity contribution in [3.8, 4) is 12.3 Å². The molecule has 0 heterocycles. The Morgan fingerprint density at radius 2 is 2.20 bits per heavy atom. The fourth-order valence-electron chi connectivity index (χ4n) is 0.955. The molecule has 3 nitrogen and oxygen atoms in total. The van der Waals surface area contributed by atoms with Gasteiger partial charge < -0.3 is 9.22 Å². The number of hydrogen-bond donors (Lipinski definition) is 0. The predicted molar refractivity (Wildman–Crippen MR) is 61.2 cm³/mol. The SMILES string of the molecule is C#CCOC(=O)C[N+](C)(C)CC=C(C)Cl. The van der Waals surface area contributed by atoms with Gasteiger partial charge >= 0.3 is 5.97 Å². The Morgan fingerprint density at radius 1 is 1.60 bits per heavy atom. The van der Waals surface area contributed by atoms with Crippen molar-refractivity contribution >= 4 is 17.6 Å². The second-order valence-corrected chi connectivity index (χ2v) is 4.53. The second kappa shape index (κ2) is 6.49. The summed E-state index contributed by atoms with van der Waals surface area (Å²) >= 11 is 5.71. The van der Waals surface area contributed by atoms with Crippen LogP contribution in [0.3, 0.4) is 0 Å². The molecule has 0 N–H and O–H groups in total. The van der Waals surface area contributed by atoms with Crippen molar-refractivity contribution in [1.29, 1.82) is 0 Å². The lowest BCUT2D eigenvalue weighted by molar-refractivity contribution is -0.877. The molecule has 0 aromatic heterocycles. The smallest absolute Gasteiger partial charge is 0.362 e. The van der Waals surface area contributed by atoms with E-state index in [1.54, 1.807) is 6.92 Å². The first-order valence-corrected chi connectivity index (χ1v) is 4.98. The zero-order chi connectivity index (χ0) is 11.9. The van der Waals surface area contributed by atoms with Gasteiger partial charge in [0.05, 0.1) is 20.6 Å². The van der Waals surface area contributed by atoms with Gasteiger partial charge in [-0.2, -0.15) is 0 Å². The first-order valence-electron chi connectivity index (χ1n) is 4.61. The molecule has 0 radical (unpaired) electrons. The normalized spacial score (nSPS) is 12.1. The Balaban J connectivity index is 4.08. The summed E-state index contributed by atoms with van der Waals surface area (Å²) in [6.07, 6.45) is 6.85. The van der Waals surface area contributed by atoms with Gasteiger partial charge in [-0.05, 0) is 13.0 Å². The minimum Gasteiger partial charge on any atom is -0.448 e. The molecule has 0 bridgehead atoms. The Hall–Kier alpha value is -0.980. The van der Waals surface area contributed by atoms with E-state index >= 15 is 0 Å². The minimum absolute atomic E-state index is 0.0310. The molecule has 0 spiro atoms. The van der Waals surface area contributed by atoms with E-state index in [0.29, 0.717) is 11.0 Å². The van der Waals surface area contributed by atoms with Crippen molar-refractivity contribution in [2.45, 2.75) is 6.92 Å². The summed E-state index contributed by atoms with van der Waals surface area (Å²) in [6.45, 7) is 2.80. The van der Waals surface area contributed by atoms with Crippen molar-refractivity contribution in [3.63, 3.8) is 0 Å². The summed E-state index contributed by atoms with van der Waals surface area (Å²) in [5.74, 6) is 1.96. The van der Waals surface area contributed by atoms with Crippen LogP contribution in [0.4, 0.5) is 0 Å². The summed E-state index contributed by atoms with van der Waals surface area (Å²) in [5, 5.41) is 0.721. The molecule has 0 rings (SSSR count). The summed E-state index contributed by atoms with van der Waals surface area (Å²) < 4.78 is 5.28. The molecule has 0 aromatic rings. The van der Waals surface area contributed by atoms with Crippen LogP contribution >= 0.6 is 11.6 Å². The third-order valence-corrected chi connectivity index (χ3v) is 1.89. The van der Waals surface area contributed by atoms with Crippen LogP contribution in [-0.4, -0.2) is 44.2 Å². The van der Waals surface area contributed by atoms with E-state index in [1.165, 1.54) is 0 Å². The van der Waals surface area contributed by atoms with Crippen LogP contribution in [0.25, 0.3) is 0 Å². The summed E-state index contributed by atoms with van der Waals surface area (Å²) in [5.41, 5.74) is 0. The minimum atomic E-state index is -0.293. The number of allylic oxidation sites excluding steroid dienone is 1. The lowest BCUT2D eigenvalue weighted by Gasteiger charge is -2.26. The molecule has 0 saturated heterocycles. The van der Waals surface area contributed by atoms with Gasteiger partial charge in [0.2, 0.25) is 0 Å².